The fourth-order valence-electron chi connectivity index (χ4n) is 2.97. The molecule has 0 radical (unpaired) electrons. The fraction of sp³-hybridized carbons (Fsp3) is 0.294. The van der Waals surface area contributed by atoms with E-state index in [4.69, 9.17) is 4.74 Å². The zero-order valence-corrected chi connectivity index (χ0v) is 13.0. The summed E-state index contributed by atoms with van der Waals surface area (Å²) in [6.45, 7) is 0.765. The van der Waals surface area contributed by atoms with Gasteiger partial charge in [0, 0.05) is 47.6 Å². The Morgan fingerprint density at radius 1 is 1.21 bits per heavy atom. The van der Waals surface area contributed by atoms with Gasteiger partial charge >= 0.3 is 0 Å². The number of rotatable bonds is 3. The van der Waals surface area contributed by atoms with Gasteiger partial charge in [0.15, 0.2) is 0 Å². The first kappa shape index (κ1) is 14.8. The van der Waals surface area contributed by atoms with Gasteiger partial charge in [0.2, 0.25) is 0 Å². The molecule has 0 aliphatic carbocycles. The molecule has 0 N–H and O–H groups in total. The van der Waals surface area contributed by atoms with E-state index in [-0.39, 0.29) is 11.9 Å². The number of pyridine rings is 1. The van der Waals surface area contributed by atoms with Gasteiger partial charge in [-0.1, -0.05) is 0 Å². The number of benzene rings is 1. The van der Waals surface area contributed by atoms with Crippen molar-refractivity contribution in [2.24, 2.45) is 0 Å². The minimum absolute atomic E-state index is 0.0120. The summed E-state index contributed by atoms with van der Waals surface area (Å²) in [5, 5.41) is 16.1. The molecule has 3 aromatic rings. The quantitative estimate of drug-likeness (QED) is 0.542. The number of fused-ring (bicyclic) bond motifs is 1. The van der Waals surface area contributed by atoms with Gasteiger partial charge in [-0.05, 0) is 31.4 Å². The predicted octanol–water partition coefficient (Wildman–Crippen LogP) is 3.71. The van der Waals surface area contributed by atoms with Crippen molar-refractivity contribution in [1.82, 2.24) is 14.8 Å². The number of nitro benzene ring substituents is 1. The van der Waals surface area contributed by atoms with Gasteiger partial charge in [-0.3, -0.25) is 15.1 Å². The third kappa shape index (κ3) is 2.74. The first-order chi connectivity index (χ1) is 11.7. The molecule has 0 saturated carbocycles. The van der Waals surface area contributed by atoms with Crippen LogP contribution in [0.25, 0.3) is 22.0 Å². The van der Waals surface area contributed by atoms with Crippen molar-refractivity contribution in [2.45, 2.75) is 25.5 Å². The van der Waals surface area contributed by atoms with Crippen molar-refractivity contribution in [2.75, 3.05) is 6.61 Å². The molecule has 2 aromatic heterocycles. The number of ether oxygens (including phenoxy) is 1. The van der Waals surface area contributed by atoms with Crippen LogP contribution in [0.5, 0.6) is 0 Å². The standard InChI is InChI=1S/C17H16N4O3/c22-21(23)15-4-5-16-12(8-15)7-13(9-18-16)14-10-19-20(11-14)17-3-1-2-6-24-17/h4-5,7-11,17H,1-3,6H2. The second kappa shape index (κ2) is 6.01. The van der Waals surface area contributed by atoms with Gasteiger partial charge in [-0.25, -0.2) is 4.68 Å². The highest BCUT2D eigenvalue weighted by atomic mass is 16.6. The first-order valence-electron chi connectivity index (χ1n) is 7.91. The Hall–Kier alpha value is -2.80. The average molecular weight is 324 g/mol. The topological polar surface area (TPSA) is 83.1 Å². The normalized spacial score (nSPS) is 17.9. The summed E-state index contributed by atoms with van der Waals surface area (Å²) in [5.74, 6) is 0. The lowest BCUT2D eigenvalue weighted by molar-refractivity contribution is -0.384. The van der Waals surface area contributed by atoms with E-state index in [1.807, 2.05) is 16.9 Å². The van der Waals surface area contributed by atoms with E-state index in [9.17, 15) is 10.1 Å². The van der Waals surface area contributed by atoms with Crippen LogP contribution in [0, 0.1) is 10.1 Å². The number of nitrogens with zero attached hydrogens (tertiary/aromatic N) is 4. The third-order valence-corrected chi connectivity index (χ3v) is 4.26. The van der Waals surface area contributed by atoms with Crippen LogP contribution in [-0.2, 0) is 4.74 Å². The smallest absolute Gasteiger partial charge is 0.270 e. The number of nitro groups is 1. The molecular formula is C17H16N4O3. The molecule has 0 bridgehead atoms. The predicted molar refractivity (Wildman–Crippen MR) is 88.5 cm³/mol. The molecule has 24 heavy (non-hydrogen) atoms. The van der Waals surface area contributed by atoms with E-state index in [0.29, 0.717) is 0 Å². The van der Waals surface area contributed by atoms with Crippen molar-refractivity contribution in [3.05, 3.63) is 53.0 Å². The van der Waals surface area contributed by atoms with Crippen LogP contribution in [0.1, 0.15) is 25.5 Å². The molecule has 4 rings (SSSR count). The third-order valence-electron chi connectivity index (χ3n) is 4.26. The van der Waals surface area contributed by atoms with Crippen LogP contribution in [0.15, 0.2) is 42.9 Å². The van der Waals surface area contributed by atoms with Crippen molar-refractivity contribution in [1.29, 1.82) is 0 Å². The van der Waals surface area contributed by atoms with E-state index >= 15 is 0 Å². The summed E-state index contributed by atoms with van der Waals surface area (Å²) in [5.41, 5.74) is 2.59. The highest BCUT2D eigenvalue weighted by Crippen LogP contribution is 2.27. The molecular weight excluding hydrogens is 308 g/mol. The molecule has 122 valence electrons. The monoisotopic (exact) mass is 324 g/mol. The largest absolute Gasteiger partial charge is 0.357 e. The van der Waals surface area contributed by atoms with Crippen LogP contribution in [0.3, 0.4) is 0 Å². The SMILES string of the molecule is O=[N+]([O-])c1ccc2ncc(-c3cnn(C4CCCCO4)c3)cc2c1. The molecule has 7 nitrogen and oxygen atoms in total. The fourth-order valence-corrected chi connectivity index (χ4v) is 2.97. The Morgan fingerprint density at radius 2 is 2.12 bits per heavy atom. The van der Waals surface area contributed by atoms with Gasteiger partial charge in [-0.2, -0.15) is 5.10 Å². The molecule has 1 aliphatic rings. The maximum absolute atomic E-state index is 10.9. The van der Waals surface area contributed by atoms with Crippen LogP contribution in [-0.4, -0.2) is 26.3 Å². The molecule has 1 aliphatic heterocycles. The lowest BCUT2D eigenvalue weighted by atomic mass is 10.1. The highest BCUT2D eigenvalue weighted by Gasteiger charge is 2.17. The summed E-state index contributed by atoms with van der Waals surface area (Å²) in [7, 11) is 0. The zero-order valence-electron chi connectivity index (χ0n) is 13.0. The summed E-state index contributed by atoms with van der Waals surface area (Å²) in [4.78, 5) is 14.9. The minimum Gasteiger partial charge on any atom is -0.357 e. The second-order valence-corrected chi connectivity index (χ2v) is 5.89. The van der Waals surface area contributed by atoms with Gasteiger partial charge in [0.25, 0.3) is 5.69 Å². The van der Waals surface area contributed by atoms with Gasteiger partial charge in [-0.15, -0.1) is 0 Å². The first-order valence-corrected chi connectivity index (χ1v) is 7.91. The zero-order chi connectivity index (χ0) is 16.5. The van der Waals surface area contributed by atoms with Gasteiger partial charge in [0.1, 0.15) is 6.23 Å². The molecule has 0 amide bonds. The van der Waals surface area contributed by atoms with E-state index in [1.165, 1.54) is 6.07 Å². The number of aromatic nitrogens is 3. The summed E-state index contributed by atoms with van der Waals surface area (Å²) < 4.78 is 7.57. The molecule has 1 unspecified atom stereocenters. The molecule has 0 spiro atoms. The second-order valence-electron chi connectivity index (χ2n) is 5.89. The van der Waals surface area contributed by atoms with Crippen LogP contribution in [0.2, 0.25) is 0 Å². The lowest BCUT2D eigenvalue weighted by Crippen LogP contribution is -2.18. The molecule has 7 heteroatoms. The molecule has 1 saturated heterocycles. The maximum Gasteiger partial charge on any atom is 0.270 e. The lowest BCUT2D eigenvalue weighted by Gasteiger charge is -2.22. The van der Waals surface area contributed by atoms with Crippen LogP contribution >= 0.6 is 0 Å². The molecule has 1 aromatic carbocycles. The van der Waals surface area contributed by atoms with Crippen molar-refractivity contribution >= 4 is 16.6 Å². The average Bonchev–Trinajstić information content (AvgIpc) is 3.11. The van der Waals surface area contributed by atoms with E-state index in [1.54, 1.807) is 24.5 Å². The Bertz CT molecular complexity index is 900. The molecule has 3 heterocycles. The van der Waals surface area contributed by atoms with Crippen molar-refractivity contribution < 1.29 is 9.66 Å². The molecule has 1 fully saturated rings. The Kier molecular flexibility index (Phi) is 3.70. The number of hydrogen-bond donors (Lipinski definition) is 0. The Morgan fingerprint density at radius 3 is 2.92 bits per heavy atom. The van der Waals surface area contributed by atoms with Crippen LogP contribution < -0.4 is 0 Å². The molecule has 1 atom stereocenters. The number of non-ortho nitro benzene ring substituents is 1. The summed E-state index contributed by atoms with van der Waals surface area (Å²) in [6.07, 6.45) is 8.66. The van der Waals surface area contributed by atoms with Gasteiger partial charge in [0.05, 0.1) is 16.6 Å². The van der Waals surface area contributed by atoms with Crippen LogP contribution in [0.4, 0.5) is 5.69 Å². The highest BCUT2D eigenvalue weighted by molar-refractivity contribution is 5.85. The van der Waals surface area contributed by atoms with Gasteiger partial charge < -0.3 is 4.74 Å². The van der Waals surface area contributed by atoms with E-state index < -0.39 is 4.92 Å². The van der Waals surface area contributed by atoms with E-state index in [0.717, 1.165) is 47.9 Å². The Balaban J connectivity index is 1.68. The summed E-state index contributed by atoms with van der Waals surface area (Å²) >= 11 is 0. The minimum atomic E-state index is -0.398. The van der Waals surface area contributed by atoms with Crippen molar-refractivity contribution in [3.8, 4) is 11.1 Å². The Labute approximate surface area is 138 Å². The number of hydrogen-bond acceptors (Lipinski definition) is 5. The summed E-state index contributed by atoms with van der Waals surface area (Å²) in [6, 6.07) is 6.57. The van der Waals surface area contributed by atoms with Crippen molar-refractivity contribution in [3.63, 3.8) is 0 Å². The van der Waals surface area contributed by atoms with E-state index in [2.05, 4.69) is 10.1 Å². The maximum atomic E-state index is 10.9.